The van der Waals surface area contributed by atoms with Gasteiger partial charge in [-0.3, -0.25) is 0 Å². The smallest absolute Gasteiger partial charge is 0.550 e. The second-order valence-electron chi connectivity index (χ2n) is 8.20. The van der Waals surface area contributed by atoms with Gasteiger partial charge in [0.05, 0.1) is 0 Å². The van der Waals surface area contributed by atoms with Gasteiger partial charge in [0, 0.05) is 70.4 Å². The molecule has 0 saturated heterocycles. The number of nitrogens with two attached hydrogens (primary N) is 3. The molecule has 6 N–H and O–H groups in total. The average Bonchev–Trinajstić information content (AvgIpc) is 2.85. The molecule has 0 saturated carbocycles. The molecule has 212 valence electrons. The van der Waals surface area contributed by atoms with Crippen molar-refractivity contribution in [2.24, 2.45) is 17.2 Å². The number of carbonyl (C=O) groups excluding carboxylic acids is 3. The van der Waals surface area contributed by atoms with E-state index in [2.05, 4.69) is 0 Å². The molecule has 0 aliphatic rings. The van der Waals surface area contributed by atoms with Gasteiger partial charge in [0.2, 0.25) is 0 Å². The van der Waals surface area contributed by atoms with E-state index >= 15 is 0 Å². The maximum Gasteiger partial charge on any atom is 3.00 e. The minimum Gasteiger partial charge on any atom is -0.550 e. The van der Waals surface area contributed by atoms with Crippen molar-refractivity contribution >= 4 is 52.7 Å². The summed E-state index contributed by atoms with van der Waals surface area (Å²) in [6.07, 6.45) is -0.537. The Bertz CT molecular complexity index is 1050. The Morgan fingerprint density at radius 1 is 0.500 bits per heavy atom. The molecule has 0 aromatic heterocycles. The third-order valence-electron chi connectivity index (χ3n) is 5.05. The third-order valence-corrected chi connectivity index (χ3v) is 5.81. The Morgan fingerprint density at radius 2 is 0.675 bits per heavy atom. The lowest BCUT2D eigenvalue weighted by molar-refractivity contribution is -0.307. The van der Waals surface area contributed by atoms with Gasteiger partial charge in [-0.2, -0.15) is 0 Å². The molecule has 0 amide bonds. The fourth-order valence-electron chi connectivity index (χ4n) is 3.02. The summed E-state index contributed by atoms with van der Waals surface area (Å²) in [5.74, 6) is -3.45. The van der Waals surface area contributed by atoms with E-state index < -0.39 is 36.0 Å². The summed E-state index contributed by atoms with van der Waals surface area (Å²) < 4.78 is 0. The Morgan fingerprint density at radius 3 is 0.825 bits per heavy atom. The number of nitrogens with zero attached hydrogens (tertiary/aromatic N) is 1. The number of halogens is 3. The van der Waals surface area contributed by atoms with E-state index in [1.54, 1.807) is 72.8 Å². The zero-order valence-corrected chi connectivity index (χ0v) is 23.3. The van der Waals surface area contributed by atoms with Gasteiger partial charge in [0.1, 0.15) is 0 Å². The molecule has 0 spiro atoms. The van der Waals surface area contributed by atoms with Crippen molar-refractivity contribution in [3.05, 3.63) is 105 Å². The quantitative estimate of drug-likeness (QED) is 0.313. The van der Waals surface area contributed by atoms with Gasteiger partial charge in [-0.05, 0) is 53.1 Å². The number of aliphatic carboxylic acids is 3. The first-order chi connectivity index (χ1) is 18.3. The van der Waals surface area contributed by atoms with Crippen molar-refractivity contribution in [1.29, 1.82) is 0 Å². The van der Waals surface area contributed by atoms with Crippen LogP contribution in [0.2, 0.25) is 15.1 Å². The van der Waals surface area contributed by atoms with Crippen molar-refractivity contribution in [3.8, 4) is 0 Å². The first-order valence-electron chi connectivity index (χ1n) is 11.4. The van der Waals surface area contributed by atoms with Crippen LogP contribution < -0.4 is 38.7 Å². The van der Waals surface area contributed by atoms with Crippen molar-refractivity contribution in [2.45, 2.75) is 37.4 Å². The van der Waals surface area contributed by atoms with Crippen molar-refractivity contribution in [2.75, 3.05) is 0 Å². The number of rotatable bonds is 9. The van der Waals surface area contributed by atoms with E-state index in [0.717, 1.165) is 16.7 Å². The van der Waals surface area contributed by atoms with Gasteiger partial charge >= 0.3 is 6.15 Å². The molecule has 3 unspecified atom stereocenters. The third kappa shape index (κ3) is 15.2. The number of carboxylic acid groups (broad SMARTS) is 3. The number of carboxylic acids is 3. The maximum atomic E-state index is 10.2. The van der Waals surface area contributed by atoms with Crippen LogP contribution in [0, 0.1) is 0 Å². The molecule has 3 aromatic rings. The predicted molar refractivity (Wildman–Crippen MR) is 146 cm³/mol. The lowest BCUT2D eigenvalue weighted by Crippen LogP contribution is -2.27. The second kappa shape index (κ2) is 18.8. The van der Waals surface area contributed by atoms with E-state index in [-0.39, 0.29) is 25.4 Å². The Labute approximate surface area is 247 Å². The Balaban J connectivity index is 0.000000563. The topological polar surface area (TPSA) is 229 Å². The van der Waals surface area contributed by atoms with Crippen molar-refractivity contribution < 1.29 is 29.7 Å². The number of carbonyl (C=O) groups is 3. The lowest BCUT2D eigenvalue weighted by atomic mass is 10.1. The Kier molecular flexibility index (Phi) is 17.1. The molecular weight excluding hydrogens is 583 g/mol. The van der Waals surface area contributed by atoms with E-state index in [0.29, 0.717) is 15.1 Å². The number of benzene rings is 3. The Hall–Kier alpha value is -3.47. The fourth-order valence-corrected chi connectivity index (χ4v) is 3.40. The van der Waals surface area contributed by atoms with Gasteiger partial charge in [0.15, 0.2) is 0 Å². The first-order valence-corrected chi connectivity index (χ1v) is 12.5. The summed E-state index contributed by atoms with van der Waals surface area (Å²) in [5, 5.41) is 32.5. The van der Waals surface area contributed by atoms with Gasteiger partial charge in [-0.15, -0.1) is 0 Å². The van der Waals surface area contributed by atoms with Crippen LogP contribution in [0.4, 0.5) is 0 Å². The minimum atomic E-state index is -1.15. The molecule has 13 heteroatoms. The molecule has 10 nitrogen and oxygen atoms in total. The largest absolute Gasteiger partial charge is 3.00 e. The molecule has 0 aliphatic carbocycles. The molecular formula is C27H27Cl3N4O6. The lowest BCUT2D eigenvalue weighted by Gasteiger charge is -2.12. The molecule has 40 heavy (non-hydrogen) atoms. The SMILES string of the molecule is NC(CC(=O)[O-])c1ccc(Cl)cc1.NC(CC(=O)[O-])c1ccc(Cl)cc1.NC(CC(=O)[O-])c1ccc(Cl)cc1.[N+3]. The number of hydrogen-bond acceptors (Lipinski definition) is 9. The summed E-state index contributed by atoms with van der Waals surface area (Å²) in [5.41, 5.74) is 19.0. The molecule has 0 heterocycles. The van der Waals surface area contributed by atoms with Crippen LogP contribution in [-0.4, -0.2) is 17.9 Å². The van der Waals surface area contributed by atoms with E-state index in [1.165, 1.54) is 0 Å². The molecule has 3 atom stereocenters. The zero-order valence-electron chi connectivity index (χ0n) is 21.0. The predicted octanol–water partition coefficient (Wildman–Crippen LogP) is 0.959. The van der Waals surface area contributed by atoms with Gasteiger partial charge < -0.3 is 46.9 Å². The summed E-state index contributed by atoms with van der Waals surface area (Å²) >= 11 is 17.0. The number of hydrogen-bond donors (Lipinski definition) is 3. The van der Waals surface area contributed by atoms with Gasteiger partial charge in [0.25, 0.3) is 0 Å². The summed E-state index contributed by atoms with van der Waals surface area (Å²) in [6, 6.07) is 18.7. The van der Waals surface area contributed by atoms with Crippen molar-refractivity contribution in [1.82, 2.24) is 6.15 Å². The standard InChI is InChI=1S/3C9H10ClNO2.N/c3*10-7-3-1-6(2-4-7)8(11)5-9(12)13;/h3*1-4,8H,5,11H2,(H,12,13);/q;;;+3/p-3. The molecule has 0 bridgehead atoms. The van der Waals surface area contributed by atoms with Crippen LogP contribution >= 0.6 is 34.8 Å². The average molecular weight is 610 g/mol. The van der Waals surface area contributed by atoms with Crippen LogP contribution in [0.5, 0.6) is 0 Å². The highest BCUT2D eigenvalue weighted by Gasteiger charge is 3.00. The van der Waals surface area contributed by atoms with E-state index in [4.69, 9.17) is 52.0 Å². The van der Waals surface area contributed by atoms with Crippen LogP contribution in [-0.2, 0) is 14.4 Å². The molecule has 3 aromatic carbocycles. The highest BCUT2D eigenvalue weighted by molar-refractivity contribution is 6.31. The van der Waals surface area contributed by atoms with Gasteiger partial charge in [-0.1, -0.05) is 71.2 Å². The fraction of sp³-hybridized carbons (Fsp3) is 0.222. The van der Waals surface area contributed by atoms with Crippen molar-refractivity contribution in [3.63, 3.8) is 0 Å². The zero-order chi connectivity index (χ0) is 29.5. The normalized spacial score (nSPS) is 12.2. The van der Waals surface area contributed by atoms with Crippen LogP contribution in [0.3, 0.4) is 0 Å². The van der Waals surface area contributed by atoms with Crippen LogP contribution in [0.15, 0.2) is 72.8 Å². The minimum absolute atomic E-state index is 0. The first kappa shape index (κ1) is 36.5. The summed E-state index contributed by atoms with van der Waals surface area (Å²) in [4.78, 5) is 30.7. The van der Waals surface area contributed by atoms with Crippen LogP contribution in [0.25, 0.3) is 0 Å². The van der Waals surface area contributed by atoms with Crippen LogP contribution in [0.1, 0.15) is 54.1 Å². The monoisotopic (exact) mass is 608 g/mol. The highest BCUT2D eigenvalue weighted by atomic mass is 35.5. The van der Waals surface area contributed by atoms with E-state index in [1.807, 2.05) is 0 Å². The molecule has 0 aliphatic heterocycles. The highest BCUT2D eigenvalue weighted by Crippen LogP contribution is 2.18. The molecule has 3 rings (SSSR count). The van der Waals surface area contributed by atoms with E-state index in [9.17, 15) is 29.7 Å². The molecule has 0 fully saturated rings. The summed E-state index contributed by atoms with van der Waals surface area (Å²) in [7, 11) is 0. The molecule has 2 radical (unpaired) electrons. The van der Waals surface area contributed by atoms with Gasteiger partial charge in [-0.25, -0.2) is 0 Å². The maximum absolute atomic E-state index is 10.2. The summed E-state index contributed by atoms with van der Waals surface area (Å²) in [6.45, 7) is 0. The second-order valence-corrected chi connectivity index (χ2v) is 9.51.